The van der Waals surface area contributed by atoms with E-state index in [2.05, 4.69) is 23.6 Å². The molecule has 1 aliphatic heterocycles. The summed E-state index contributed by atoms with van der Waals surface area (Å²) in [6.45, 7) is 10.5. The van der Waals surface area contributed by atoms with E-state index < -0.39 is 0 Å². The Bertz CT molecular complexity index is 239. The second-order valence-corrected chi connectivity index (χ2v) is 6.05. The molecule has 1 saturated carbocycles. The maximum Gasteiger partial charge on any atom is 0.0555 e. The van der Waals surface area contributed by atoms with Crippen LogP contribution >= 0.6 is 0 Å². The van der Waals surface area contributed by atoms with Crippen LogP contribution in [0.2, 0.25) is 0 Å². The van der Waals surface area contributed by atoms with Gasteiger partial charge in [-0.1, -0.05) is 20.3 Å². The first-order valence-electron chi connectivity index (χ1n) is 7.89. The zero-order chi connectivity index (χ0) is 13.0. The van der Waals surface area contributed by atoms with Crippen LogP contribution in [0.5, 0.6) is 0 Å². The van der Waals surface area contributed by atoms with Crippen LogP contribution in [0, 0.1) is 5.92 Å². The molecule has 0 amide bonds. The first-order valence-corrected chi connectivity index (χ1v) is 7.89. The van der Waals surface area contributed by atoms with Gasteiger partial charge in [-0.25, -0.2) is 0 Å². The maximum absolute atomic E-state index is 9.96. The van der Waals surface area contributed by atoms with Gasteiger partial charge in [0, 0.05) is 32.2 Å². The first-order chi connectivity index (χ1) is 8.74. The van der Waals surface area contributed by atoms with Gasteiger partial charge < -0.3 is 10.0 Å². The van der Waals surface area contributed by atoms with Gasteiger partial charge in [0.15, 0.2) is 0 Å². The second kappa shape index (κ2) is 6.88. The largest absolute Gasteiger partial charge is 0.393 e. The van der Waals surface area contributed by atoms with Crippen LogP contribution in [-0.2, 0) is 0 Å². The Hall–Kier alpha value is -0.120. The molecular formula is C15H30N2O. The number of piperazine rings is 1. The van der Waals surface area contributed by atoms with Crippen LogP contribution in [0.3, 0.4) is 0 Å². The van der Waals surface area contributed by atoms with Crippen molar-refractivity contribution in [2.24, 2.45) is 5.92 Å². The van der Waals surface area contributed by atoms with Crippen LogP contribution in [0.1, 0.15) is 46.0 Å². The molecule has 0 aromatic heterocycles. The molecule has 0 aromatic carbocycles. The molecule has 2 aliphatic rings. The number of rotatable bonds is 4. The lowest BCUT2D eigenvalue weighted by Crippen LogP contribution is -2.54. The van der Waals surface area contributed by atoms with Gasteiger partial charge in [0.05, 0.1) is 6.10 Å². The van der Waals surface area contributed by atoms with Gasteiger partial charge in [-0.2, -0.15) is 0 Å². The third kappa shape index (κ3) is 3.46. The number of hydrogen-bond donors (Lipinski definition) is 1. The van der Waals surface area contributed by atoms with Crippen molar-refractivity contribution in [3.8, 4) is 0 Å². The molecule has 3 nitrogen and oxygen atoms in total. The number of aliphatic hydroxyl groups is 1. The fourth-order valence-electron chi connectivity index (χ4n) is 3.75. The predicted octanol–water partition coefficient (Wildman–Crippen LogP) is 1.95. The molecule has 3 heteroatoms. The summed E-state index contributed by atoms with van der Waals surface area (Å²) < 4.78 is 0. The van der Waals surface area contributed by atoms with E-state index in [1.165, 1.54) is 52.0 Å². The minimum Gasteiger partial charge on any atom is -0.393 e. The average molecular weight is 254 g/mol. The van der Waals surface area contributed by atoms with Crippen molar-refractivity contribution in [1.29, 1.82) is 0 Å². The molecule has 3 atom stereocenters. The third-order valence-electron chi connectivity index (χ3n) is 4.91. The van der Waals surface area contributed by atoms with E-state index in [1.54, 1.807) is 0 Å². The summed E-state index contributed by atoms with van der Waals surface area (Å²) in [6, 6.07) is 0.646. The van der Waals surface area contributed by atoms with Gasteiger partial charge in [0.1, 0.15) is 0 Å². The Labute approximate surface area is 112 Å². The Morgan fingerprint density at radius 1 is 1.06 bits per heavy atom. The molecule has 0 spiro atoms. The Morgan fingerprint density at radius 2 is 1.78 bits per heavy atom. The van der Waals surface area contributed by atoms with Crippen LogP contribution in [0.4, 0.5) is 0 Å². The van der Waals surface area contributed by atoms with E-state index in [0.29, 0.717) is 6.04 Å². The van der Waals surface area contributed by atoms with E-state index >= 15 is 0 Å². The smallest absolute Gasteiger partial charge is 0.0555 e. The minimum atomic E-state index is -0.0488. The second-order valence-electron chi connectivity index (χ2n) is 6.05. The molecule has 1 saturated heterocycles. The highest BCUT2D eigenvalue weighted by molar-refractivity contribution is 4.88. The van der Waals surface area contributed by atoms with E-state index in [4.69, 9.17) is 0 Å². The lowest BCUT2D eigenvalue weighted by atomic mass is 9.79. The summed E-state index contributed by atoms with van der Waals surface area (Å²) in [6.07, 6.45) is 5.84. The van der Waals surface area contributed by atoms with Crippen LogP contribution in [-0.4, -0.2) is 59.8 Å². The summed E-state index contributed by atoms with van der Waals surface area (Å²) >= 11 is 0. The number of aliphatic hydroxyl groups excluding tert-OH is 1. The minimum absolute atomic E-state index is 0.0488. The van der Waals surface area contributed by atoms with Crippen molar-refractivity contribution in [2.75, 3.05) is 32.7 Å². The van der Waals surface area contributed by atoms with Crippen LogP contribution < -0.4 is 0 Å². The fourth-order valence-corrected chi connectivity index (χ4v) is 3.75. The highest BCUT2D eigenvalue weighted by Crippen LogP contribution is 2.32. The lowest BCUT2D eigenvalue weighted by Gasteiger charge is -2.45. The molecule has 2 fully saturated rings. The van der Waals surface area contributed by atoms with Crippen molar-refractivity contribution in [1.82, 2.24) is 9.80 Å². The van der Waals surface area contributed by atoms with Gasteiger partial charge in [-0.05, 0) is 38.1 Å². The predicted molar refractivity (Wildman–Crippen MR) is 75.7 cm³/mol. The SMILES string of the molecule is CCCC1CCC(O)CC1N1CCN(CC)CC1. The number of hydrogen-bond acceptors (Lipinski definition) is 3. The van der Waals surface area contributed by atoms with Crippen molar-refractivity contribution in [2.45, 2.75) is 58.1 Å². The van der Waals surface area contributed by atoms with Crippen molar-refractivity contribution in [3.63, 3.8) is 0 Å². The van der Waals surface area contributed by atoms with Crippen molar-refractivity contribution in [3.05, 3.63) is 0 Å². The Balaban J connectivity index is 1.91. The normalized spacial score (nSPS) is 35.8. The average Bonchev–Trinajstić information content (AvgIpc) is 2.41. The fraction of sp³-hybridized carbons (Fsp3) is 1.00. The molecule has 18 heavy (non-hydrogen) atoms. The highest BCUT2D eigenvalue weighted by atomic mass is 16.3. The summed E-state index contributed by atoms with van der Waals surface area (Å²) in [5, 5.41) is 9.96. The molecule has 1 N–H and O–H groups in total. The maximum atomic E-state index is 9.96. The summed E-state index contributed by atoms with van der Waals surface area (Å²) in [4.78, 5) is 5.19. The van der Waals surface area contributed by atoms with Gasteiger partial charge in [-0.3, -0.25) is 4.90 Å². The molecule has 0 bridgehead atoms. The summed E-state index contributed by atoms with van der Waals surface area (Å²) in [5.74, 6) is 0.826. The lowest BCUT2D eigenvalue weighted by molar-refractivity contribution is 0.00225. The number of nitrogens with zero attached hydrogens (tertiary/aromatic N) is 2. The molecular weight excluding hydrogens is 224 g/mol. The Kier molecular flexibility index (Phi) is 5.46. The van der Waals surface area contributed by atoms with Crippen LogP contribution in [0.15, 0.2) is 0 Å². The van der Waals surface area contributed by atoms with E-state index in [-0.39, 0.29) is 6.10 Å². The quantitative estimate of drug-likeness (QED) is 0.831. The first kappa shape index (κ1) is 14.3. The zero-order valence-electron chi connectivity index (χ0n) is 12.1. The molecule has 0 aromatic rings. The topological polar surface area (TPSA) is 26.7 Å². The standard InChI is InChI=1S/C15H30N2O/c1-3-5-13-6-7-14(18)12-15(13)17-10-8-16(4-2)9-11-17/h13-15,18H,3-12H2,1-2H3. The Morgan fingerprint density at radius 3 is 2.39 bits per heavy atom. The summed E-state index contributed by atoms with van der Waals surface area (Å²) in [5.41, 5.74) is 0. The van der Waals surface area contributed by atoms with Gasteiger partial charge in [-0.15, -0.1) is 0 Å². The van der Waals surface area contributed by atoms with E-state index in [0.717, 1.165) is 18.8 Å². The van der Waals surface area contributed by atoms with Gasteiger partial charge in [0.25, 0.3) is 0 Å². The monoisotopic (exact) mass is 254 g/mol. The molecule has 1 heterocycles. The molecule has 0 radical (unpaired) electrons. The third-order valence-corrected chi connectivity index (χ3v) is 4.91. The highest BCUT2D eigenvalue weighted by Gasteiger charge is 2.34. The molecule has 106 valence electrons. The molecule has 3 unspecified atom stereocenters. The zero-order valence-corrected chi connectivity index (χ0v) is 12.1. The molecule has 2 rings (SSSR count). The van der Waals surface area contributed by atoms with Crippen LogP contribution in [0.25, 0.3) is 0 Å². The van der Waals surface area contributed by atoms with E-state index in [9.17, 15) is 5.11 Å². The van der Waals surface area contributed by atoms with Crippen molar-refractivity contribution < 1.29 is 5.11 Å². The van der Waals surface area contributed by atoms with E-state index in [1.807, 2.05) is 0 Å². The molecule has 1 aliphatic carbocycles. The van der Waals surface area contributed by atoms with Gasteiger partial charge >= 0.3 is 0 Å². The van der Waals surface area contributed by atoms with Gasteiger partial charge in [0.2, 0.25) is 0 Å². The number of likely N-dealkylation sites (N-methyl/N-ethyl adjacent to an activating group) is 1. The van der Waals surface area contributed by atoms with Crippen molar-refractivity contribution >= 4 is 0 Å². The summed E-state index contributed by atoms with van der Waals surface area (Å²) in [7, 11) is 0.